The summed E-state index contributed by atoms with van der Waals surface area (Å²) in [7, 11) is 0.488. The van der Waals surface area contributed by atoms with E-state index >= 15 is 0 Å². The van der Waals surface area contributed by atoms with Crippen LogP contribution in [0.3, 0.4) is 0 Å². The second-order valence-electron chi connectivity index (χ2n) is 7.41. The van der Waals surface area contributed by atoms with Crippen molar-refractivity contribution in [3.05, 3.63) is 77.9 Å². The lowest BCUT2D eigenvalue weighted by atomic mass is 10.2. The van der Waals surface area contributed by atoms with E-state index in [1.165, 1.54) is 39.7 Å². The maximum Gasteiger partial charge on any atom is 0.264 e. The molecular formula is C25H27N3O6S. The van der Waals surface area contributed by atoms with Gasteiger partial charge in [-0.15, -0.1) is 0 Å². The molecule has 10 heteroatoms. The summed E-state index contributed by atoms with van der Waals surface area (Å²) in [5, 5.41) is 3.96. The molecule has 3 rings (SSSR count). The second kappa shape index (κ2) is 11.4. The van der Waals surface area contributed by atoms with Crippen molar-refractivity contribution >= 4 is 27.8 Å². The highest BCUT2D eigenvalue weighted by Crippen LogP contribution is 2.37. The summed E-state index contributed by atoms with van der Waals surface area (Å²) in [6.07, 6.45) is 1.39. The fourth-order valence-electron chi connectivity index (χ4n) is 3.27. The van der Waals surface area contributed by atoms with E-state index in [9.17, 15) is 13.2 Å². The Balaban J connectivity index is 1.81. The molecule has 184 valence electrons. The summed E-state index contributed by atoms with van der Waals surface area (Å²) in [6.45, 7) is 1.40. The first kappa shape index (κ1) is 25.6. The summed E-state index contributed by atoms with van der Waals surface area (Å²) in [5.74, 6) is 0.669. The molecule has 9 nitrogen and oxygen atoms in total. The van der Waals surface area contributed by atoms with Gasteiger partial charge in [0, 0.05) is 5.56 Å². The lowest BCUT2D eigenvalue weighted by Crippen LogP contribution is -2.39. The number of benzene rings is 3. The molecule has 0 saturated heterocycles. The van der Waals surface area contributed by atoms with Crippen LogP contribution in [0.1, 0.15) is 11.1 Å². The number of carbonyl (C=O) groups excluding carboxylic acids is 1. The summed E-state index contributed by atoms with van der Waals surface area (Å²) in [5.41, 5.74) is 4.24. The predicted molar refractivity (Wildman–Crippen MR) is 134 cm³/mol. The minimum absolute atomic E-state index is 0.0840. The number of nitrogens with zero attached hydrogens (tertiary/aromatic N) is 2. The minimum Gasteiger partial charge on any atom is -0.493 e. The third-order valence-electron chi connectivity index (χ3n) is 5.03. The SMILES string of the molecule is COc1cc(/C=N\NC(=O)CN(c2ccccc2)S(=O)(=O)c2ccc(C)cc2)cc(OC)c1OC. The molecule has 0 spiro atoms. The van der Waals surface area contributed by atoms with Crippen molar-refractivity contribution in [3.63, 3.8) is 0 Å². The molecule has 0 bridgehead atoms. The molecule has 1 N–H and O–H groups in total. The van der Waals surface area contributed by atoms with E-state index in [1.54, 1.807) is 54.6 Å². The molecule has 3 aromatic rings. The van der Waals surface area contributed by atoms with Crippen molar-refractivity contribution in [1.29, 1.82) is 0 Å². The van der Waals surface area contributed by atoms with Crippen LogP contribution in [0.4, 0.5) is 5.69 Å². The molecular weight excluding hydrogens is 470 g/mol. The van der Waals surface area contributed by atoms with Crippen molar-refractivity contribution in [1.82, 2.24) is 5.43 Å². The lowest BCUT2D eigenvalue weighted by molar-refractivity contribution is -0.119. The number of rotatable bonds is 10. The Morgan fingerprint density at radius 3 is 2.09 bits per heavy atom. The normalized spacial score (nSPS) is 11.2. The van der Waals surface area contributed by atoms with Gasteiger partial charge in [-0.05, 0) is 43.3 Å². The lowest BCUT2D eigenvalue weighted by Gasteiger charge is -2.23. The molecule has 0 fully saturated rings. The standard InChI is InChI=1S/C25H27N3O6S/c1-18-10-12-21(13-11-18)35(30,31)28(20-8-6-5-7-9-20)17-24(29)27-26-16-19-14-22(32-2)25(34-4)23(15-19)33-3/h5-16H,17H2,1-4H3,(H,27,29)/b26-16-. The molecule has 0 heterocycles. The molecule has 0 aliphatic rings. The molecule has 0 aliphatic heterocycles. The first-order chi connectivity index (χ1) is 16.8. The van der Waals surface area contributed by atoms with Crippen LogP contribution in [-0.2, 0) is 14.8 Å². The largest absolute Gasteiger partial charge is 0.493 e. The van der Waals surface area contributed by atoms with Crippen LogP contribution >= 0.6 is 0 Å². The fourth-order valence-corrected chi connectivity index (χ4v) is 4.69. The van der Waals surface area contributed by atoms with E-state index in [-0.39, 0.29) is 4.90 Å². The quantitative estimate of drug-likeness (QED) is 0.340. The zero-order valence-electron chi connectivity index (χ0n) is 19.9. The summed E-state index contributed by atoms with van der Waals surface area (Å²) >= 11 is 0. The smallest absolute Gasteiger partial charge is 0.264 e. The van der Waals surface area contributed by atoms with Gasteiger partial charge in [-0.1, -0.05) is 35.9 Å². The van der Waals surface area contributed by atoms with Gasteiger partial charge in [0.15, 0.2) is 11.5 Å². The second-order valence-corrected chi connectivity index (χ2v) is 9.27. The van der Waals surface area contributed by atoms with Gasteiger partial charge in [0.2, 0.25) is 5.75 Å². The number of amides is 1. The highest BCUT2D eigenvalue weighted by atomic mass is 32.2. The number of hydrazone groups is 1. The molecule has 35 heavy (non-hydrogen) atoms. The fraction of sp³-hybridized carbons (Fsp3) is 0.200. The van der Waals surface area contributed by atoms with Gasteiger partial charge in [-0.2, -0.15) is 5.10 Å². The van der Waals surface area contributed by atoms with Gasteiger partial charge in [-0.25, -0.2) is 13.8 Å². The van der Waals surface area contributed by atoms with E-state index in [2.05, 4.69) is 10.5 Å². The average Bonchev–Trinajstić information content (AvgIpc) is 2.87. The maximum absolute atomic E-state index is 13.3. The van der Waals surface area contributed by atoms with E-state index in [0.717, 1.165) is 9.87 Å². The first-order valence-electron chi connectivity index (χ1n) is 10.6. The molecule has 0 atom stereocenters. The number of para-hydroxylation sites is 1. The Morgan fingerprint density at radius 1 is 0.943 bits per heavy atom. The number of anilines is 1. The van der Waals surface area contributed by atoms with Gasteiger partial charge >= 0.3 is 0 Å². The number of hydrogen-bond acceptors (Lipinski definition) is 7. The number of sulfonamides is 1. The number of methoxy groups -OCH3 is 3. The van der Waals surface area contributed by atoms with E-state index in [0.29, 0.717) is 28.5 Å². The van der Waals surface area contributed by atoms with Gasteiger partial charge < -0.3 is 14.2 Å². The molecule has 3 aromatic carbocycles. The number of carbonyl (C=O) groups is 1. The van der Waals surface area contributed by atoms with Gasteiger partial charge in [-0.3, -0.25) is 9.10 Å². The van der Waals surface area contributed by atoms with Crippen molar-refractivity contribution < 1.29 is 27.4 Å². The third-order valence-corrected chi connectivity index (χ3v) is 6.82. The number of hydrogen-bond donors (Lipinski definition) is 1. The highest BCUT2D eigenvalue weighted by Gasteiger charge is 2.27. The highest BCUT2D eigenvalue weighted by molar-refractivity contribution is 7.92. The Kier molecular flexibility index (Phi) is 8.32. The first-order valence-corrected chi connectivity index (χ1v) is 12.0. The Labute approximate surface area is 205 Å². The summed E-state index contributed by atoms with van der Waals surface area (Å²) in [4.78, 5) is 12.8. The predicted octanol–water partition coefficient (Wildman–Crippen LogP) is 3.37. The molecule has 0 aliphatic carbocycles. The number of ether oxygens (including phenoxy) is 3. The molecule has 0 unspecified atom stereocenters. The van der Waals surface area contributed by atoms with Crippen LogP contribution in [0.15, 0.2) is 76.7 Å². The van der Waals surface area contributed by atoms with Crippen LogP contribution in [0, 0.1) is 6.92 Å². The third kappa shape index (κ3) is 6.10. The minimum atomic E-state index is -4.00. The van der Waals surface area contributed by atoms with Crippen molar-refractivity contribution in [2.45, 2.75) is 11.8 Å². The molecule has 1 amide bonds. The van der Waals surface area contributed by atoms with E-state index in [1.807, 2.05) is 6.92 Å². The van der Waals surface area contributed by atoms with E-state index in [4.69, 9.17) is 14.2 Å². The Morgan fingerprint density at radius 2 is 1.54 bits per heavy atom. The van der Waals surface area contributed by atoms with Crippen LogP contribution in [0.25, 0.3) is 0 Å². The Hall–Kier alpha value is -4.05. The van der Waals surface area contributed by atoms with Gasteiger partial charge in [0.1, 0.15) is 6.54 Å². The Bertz CT molecular complexity index is 1270. The summed E-state index contributed by atoms with van der Waals surface area (Å²) < 4.78 is 43.6. The van der Waals surface area contributed by atoms with Gasteiger partial charge in [0.25, 0.3) is 15.9 Å². The zero-order chi connectivity index (χ0) is 25.4. The van der Waals surface area contributed by atoms with E-state index < -0.39 is 22.5 Å². The van der Waals surface area contributed by atoms with Crippen molar-refractivity contribution in [3.8, 4) is 17.2 Å². The number of nitrogens with one attached hydrogen (secondary N) is 1. The molecule has 0 saturated carbocycles. The van der Waals surface area contributed by atoms with Crippen LogP contribution in [0.2, 0.25) is 0 Å². The molecule has 0 aromatic heterocycles. The molecule has 0 radical (unpaired) electrons. The monoisotopic (exact) mass is 497 g/mol. The van der Waals surface area contributed by atoms with Crippen molar-refractivity contribution in [2.75, 3.05) is 32.2 Å². The van der Waals surface area contributed by atoms with Crippen molar-refractivity contribution in [2.24, 2.45) is 5.10 Å². The van der Waals surface area contributed by atoms with Gasteiger partial charge in [0.05, 0.1) is 38.1 Å². The average molecular weight is 498 g/mol. The summed E-state index contributed by atoms with van der Waals surface area (Å²) in [6, 6.07) is 18.2. The maximum atomic E-state index is 13.3. The topological polar surface area (TPSA) is 107 Å². The number of aryl methyl sites for hydroxylation is 1. The zero-order valence-corrected chi connectivity index (χ0v) is 20.7. The van der Waals surface area contributed by atoms with Crippen LogP contribution in [-0.4, -0.2) is 48.4 Å². The van der Waals surface area contributed by atoms with Crippen LogP contribution in [0.5, 0.6) is 17.2 Å². The van der Waals surface area contributed by atoms with Crippen LogP contribution < -0.4 is 23.9 Å².